The van der Waals surface area contributed by atoms with Crippen molar-refractivity contribution in [2.24, 2.45) is 0 Å². The van der Waals surface area contributed by atoms with E-state index in [1.54, 1.807) is 13.8 Å². The van der Waals surface area contributed by atoms with Crippen LogP contribution in [-0.4, -0.2) is 34.0 Å². The molecule has 3 rings (SSSR count). The van der Waals surface area contributed by atoms with Crippen molar-refractivity contribution in [1.29, 1.82) is 0 Å². The number of hydrogen-bond donors (Lipinski definition) is 1. The molecule has 1 aromatic heterocycles. The first-order valence-electron chi connectivity index (χ1n) is 10.1. The number of carbonyl (C=O) groups excluding carboxylic acids is 2. The molecule has 0 aliphatic rings. The molecule has 0 spiro atoms. The van der Waals surface area contributed by atoms with E-state index in [2.05, 4.69) is 4.74 Å². The average molecular weight is 485 g/mol. The fourth-order valence-corrected chi connectivity index (χ4v) is 3.46. The van der Waals surface area contributed by atoms with Crippen LogP contribution in [0.1, 0.15) is 41.9 Å². The number of ether oxygens (including phenoxy) is 2. The van der Waals surface area contributed by atoms with Gasteiger partial charge in [0.2, 0.25) is 0 Å². The predicted molar refractivity (Wildman–Crippen MR) is 111 cm³/mol. The molecule has 0 radical (unpaired) electrons. The lowest BCUT2D eigenvalue weighted by atomic mass is 10.1. The van der Waals surface area contributed by atoms with E-state index in [1.165, 1.54) is 6.92 Å². The summed E-state index contributed by atoms with van der Waals surface area (Å²) in [5.74, 6) is -6.08. The Morgan fingerprint density at radius 3 is 2.32 bits per heavy atom. The van der Waals surface area contributed by atoms with E-state index >= 15 is 0 Å². The van der Waals surface area contributed by atoms with Gasteiger partial charge in [-0.05, 0) is 50.1 Å². The lowest BCUT2D eigenvalue weighted by Gasteiger charge is -2.11. The molecule has 0 amide bonds. The lowest BCUT2D eigenvalue weighted by Crippen LogP contribution is -2.18. The van der Waals surface area contributed by atoms with Gasteiger partial charge in [-0.3, -0.25) is 14.2 Å². The Morgan fingerprint density at radius 2 is 1.76 bits per heavy atom. The van der Waals surface area contributed by atoms with Gasteiger partial charge >= 0.3 is 12.3 Å². The van der Waals surface area contributed by atoms with Crippen LogP contribution < -0.4 is 4.74 Å². The highest BCUT2D eigenvalue weighted by atomic mass is 19.4. The van der Waals surface area contributed by atoms with Crippen molar-refractivity contribution in [2.75, 3.05) is 0 Å². The molecule has 2 aromatic carbocycles. The summed E-state index contributed by atoms with van der Waals surface area (Å²) in [5, 5.41) is 9.41. The number of carbonyl (C=O) groups is 2. The number of benzene rings is 2. The van der Waals surface area contributed by atoms with E-state index in [0.717, 1.165) is 34.9 Å². The Hall–Kier alpha value is -3.63. The molecule has 0 saturated heterocycles. The molecule has 3 aromatic rings. The van der Waals surface area contributed by atoms with Crippen LogP contribution in [0.25, 0.3) is 10.9 Å². The summed E-state index contributed by atoms with van der Waals surface area (Å²) in [4.78, 5) is 25.5. The van der Waals surface area contributed by atoms with Crippen LogP contribution in [0.15, 0.2) is 30.3 Å². The first-order valence-corrected chi connectivity index (χ1v) is 10.1. The van der Waals surface area contributed by atoms with Gasteiger partial charge in [-0.2, -0.15) is 0 Å². The molecule has 0 unspecified atom stereocenters. The molecule has 11 heteroatoms. The Kier molecular flexibility index (Phi) is 6.85. The van der Waals surface area contributed by atoms with E-state index in [9.17, 15) is 36.6 Å². The predicted octanol–water partition coefficient (Wildman–Crippen LogP) is 5.40. The largest absolute Gasteiger partial charge is 0.573 e. The van der Waals surface area contributed by atoms with Crippen molar-refractivity contribution >= 4 is 22.8 Å². The number of aromatic hydroxyl groups is 1. The Morgan fingerprint density at radius 1 is 1.15 bits per heavy atom. The molecule has 0 saturated carbocycles. The maximum Gasteiger partial charge on any atom is 0.573 e. The summed E-state index contributed by atoms with van der Waals surface area (Å²) in [7, 11) is 0. The van der Waals surface area contributed by atoms with Crippen LogP contribution in [0.3, 0.4) is 0 Å². The molecule has 1 atom stereocenters. The number of hydrogen-bond acceptors (Lipinski definition) is 5. The molecule has 0 aliphatic carbocycles. The molecule has 182 valence electrons. The third kappa shape index (κ3) is 4.97. The Bertz CT molecular complexity index is 1250. The molecule has 34 heavy (non-hydrogen) atoms. The quantitative estimate of drug-likeness (QED) is 0.374. The number of nitrogens with zero attached hydrogens (tertiary/aromatic N) is 1. The fraction of sp³-hybridized carbons (Fsp3) is 0.304. The van der Waals surface area contributed by atoms with E-state index in [1.807, 2.05) is 0 Å². The number of alkyl halides is 3. The first-order chi connectivity index (χ1) is 15.8. The van der Waals surface area contributed by atoms with Gasteiger partial charge in [0.25, 0.3) is 5.91 Å². The monoisotopic (exact) mass is 485 g/mol. The molecule has 1 heterocycles. The lowest BCUT2D eigenvalue weighted by molar-refractivity contribution is -0.274. The van der Waals surface area contributed by atoms with Gasteiger partial charge < -0.3 is 14.6 Å². The van der Waals surface area contributed by atoms with Gasteiger partial charge in [0.1, 0.15) is 5.75 Å². The second-order valence-electron chi connectivity index (χ2n) is 7.58. The summed E-state index contributed by atoms with van der Waals surface area (Å²) in [6.45, 7) is 4.84. The summed E-state index contributed by atoms with van der Waals surface area (Å²) in [6, 6.07) is 4.68. The maximum absolute atomic E-state index is 14.9. The smallest absolute Gasteiger partial charge is 0.503 e. The normalized spacial score (nSPS) is 12.6. The molecule has 0 fully saturated rings. The van der Waals surface area contributed by atoms with Crippen molar-refractivity contribution < 1.29 is 46.1 Å². The fourth-order valence-electron chi connectivity index (χ4n) is 3.46. The van der Waals surface area contributed by atoms with Crippen LogP contribution in [0.4, 0.5) is 22.0 Å². The van der Waals surface area contributed by atoms with Gasteiger partial charge in [-0.15, -0.1) is 13.2 Å². The van der Waals surface area contributed by atoms with E-state index in [-0.39, 0.29) is 27.7 Å². The summed E-state index contributed by atoms with van der Waals surface area (Å²) >= 11 is 0. The van der Waals surface area contributed by atoms with Crippen molar-refractivity contribution in [3.63, 3.8) is 0 Å². The zero-order valence-electron chi connectivity index (χ0n) is 18.3. The number of phenols is 1. The summed E-state index contributed by atoms with van der Waals surface area (Å²) in [6.07, 6.45) is -5.28. The SMILES string of the molecule is CC[C@@H](C)OC(=O)Cc1c(C)n(C(=O)c2ccc(OC(F)(F)F)cc2)c2cc(F)c(O)c(F)c12. The molecule has 6 nitrogen and oxygen atoms in total. The third-order valence-electron chi connectivity index (χ3n) is 5.25. The minimum Gasteiger partial charge on any atom is -0.503 e. The highest BCUT2D eigenvalue weighted by molar-refractivity contribution is 6.05. The van der Waals surface area contributed by atoms with Gasteiger partial charge in [0, 0.05) is 22.7 Å². The summed E-state index contributed by atoms with van der Waals surface area (Å²) < 4.78 is 76.1. The van der Waals surface area contributed by atoms with Crippen molar-refractivity contribution in [1.82, 2.24) is 4.57 Å². The van der Waals surface area contributed by atoms with Gasteiger partial charge in [-0.1, -0.05) is 6.92 Å². The molecular formula is C23H20F5NO5. The average Bonchev–Trinajstić information content (AvgIpc) is 3.01. The van der Waals surface area contributed by atoms with Gasteiger partial charge in [0.05, 0.1) is 18.0 Å². The number of phenolic OH excluding ortho intramolecular Hbond substituents is 1. The minimum atomic E-state index is -4.92. The first kappa shape index (κ1) is 25.0. The van der Waals surface area contributed by atoms with Gasteiger partial charge in [0.15, 0.2) is 17.4 Å². The zero-order chi connectivity index (χ0) is 25.4. The van der Waals surface area contributed by atoms with Crippen LogP contribution in [0, 0.1) is 18.6 Å². The van der Waals surface area contributed by atoms with Crippen molar-refractivity contribution in [2.45, 2.75) is 46.1 Å². The molecule has 1 N–H and O–H groups in total. The van der Waals surface area contributed by atoms with Crippen LogP contribution in [-0.2, 0) is 16.0 Å². The Labute approximate surface area is 190 Å². The van der Waals surface area contributed by atoms with Gasteiger partial charge in [-0.25, -0.2) is 8.78 Å². The molecule has 0 aliphatic heterocycles. The summed E-state index contributed by atoms with van der Waals surface area (Å²) in [5.41, 5.74) is -0.309. The number of halogens is 5. The molecule has 0 bridgehead atoms. The second-order valence-corrected chi connectivity index (χ2v) is 7.58. The topological polar surface area (TPSA) is 77.8 Å². The number of fused-ring (bicyclic) bond motifs is 1. The second kappa shape index (κ2) is 9.32. The van der Waals surface area contributed by atoms with Crippen LogP contribution in [0.2, 0.25) is 0 Å². The van der Waals surface area contributed by atoms with E-state index in [0.29, 0.717) is 6.42 Å². The highest BCUT2D eigenvalue weighted by Crippen LogP contribution is 2.36. The van der Waals surface area contributed by atoms with Crippen LogP contribution >= 0.6 is 0 Å². The van der Waals surface area contributed by atoms with Crippen molar-refractivity contribution in [3.8, 4) is 11.5 Å². The third-order valence-corrected chi connectivity index (χ3v) is 5.25. The van der Waals surface area contributed by atoms with Crippen LogP contribution in [0.5, 0.6) is 11.5 Å². The number of esters is 1. The van der Waals surface area contributed by atoms with Crippen molar-refractivity contribution in [3.05, 3.63) is 58.8 Å². The minimum absolute atomic E-state index is 0.00137. The Balaban J connectivity index is 2.11. The number of rotatable bonds is 6. The zero-order valence-corrected chi connectivity index (χ0v) is 18.3. The van der Waals surface area contributed by atoms with E-state index in [4.69, 9.17) is 4.74 Å². The standard InChI is InChI=1S/C23H20F5NO5/c1-4-11(2)33-18(30)9-15-12(3)29(17-10-16(24)21(31)20(25)19(15)17)22(32)13-5-7-14(8-6-13)34-23(26,27)28/h5-8,10-11,31H,4,9H2,1-3H3/t11-/m1/s1. The maximum atomic E-state index is 14.9. The van der Waals surface area contributed by atoms with E-state index < -0.39 is 53.9 Å². The highest BCUT2D eigenvalue weighted by Gasteiger charge is 2.31. The molecular weight excluding hydrogens is 465 g/mol. The number of aromatic nitrogens is 1.